The number of nitrogens with one attached hydrogen (secondary N) is 1. The Labute approximate surface area is 166 Å². The van der Waals surface area contributed by atoms with Crippen LogP contribution >= 0.6 is 11.8 Å². The maximum atomic E-state index is 12.6. The Morgan fingerprint density at radius 1 is 1.29 bits per heavy atom. The molecule has 0 unspecified atom stereocenters. The largest absolute Gasteiger partial charge is 0.469 e. The lowest BCUT2D eigenvalue weighted by atomic mass is 10.2. The summed E-state index contributed by atoms with van der Waals surface area (Å²) in [4.78, 5) is 12.6. The number of ether oxygens (including phenoxy) is 2. The zero-order chi connectivity index (χ0) is 19.7. The second kappa shape index (κ2) is 7.59. The predicted octanol–water partition coefficient (Wildman–Crippen LogP) is 3.71. The maximum Gasteiger partial charge on any atom is 0.237 e. The van der Waals surface area contributed by atoms with Crippen LogP contribution in [0.15, 0.2) is 40.1 Å². The average molecular weight is 400 g/mol. The van der Waals surface area contributed by atoms with Gasteiger partial charge in [-0.3, -0.25) is 4.79 Å². The van der Waals surface area contributed by atoms with Crippen LogP contribution in [0, 0.1) is 6.92 Å². The summed E-state index contributed by atoms with van der Waals surface area (Å²) < 4.78 is 18.0. The highest BCUT2D eigenvalue weighted by molar-refractivity contribution is 8.00. The van der Waals surface area contributed by atoms with E-state index in [1.807, 2.05) is 31.4 Å². The fourth-order valence-electron chi connectivity index (χ4n) is 2.91. The molecule has 3 heterocycles. The summed E-state index contributed by atoms with van der Waals surface area (Å²) in [6, 6.07) is 7.20. The van der Waals surface area contributed by atoms with Crippen LogP contribution in [0.2, 0.25) is 0 Å². The van der Waals surface area contributed by atoms with Crippen LogP contribution in [-0.2, 0) is 11.3 Å². The Morgan fingerprint density at radius 3 is 2.86 bits per heavy atom. The number of fused-ring (bicyclic) bond motifs is 1. The lowest BCUT2D eigenvalue weighted by molar-refractivity contribution is -0.115. The van der Waals surface area contributed by atoms with Gasteiger partial charge in [-0.25, -0.2) is 0 Å². The minimum Gasteiger partial charge on any atom is -0.469 e. The Bertz CT molecular complexity index is 1010. The molecule has 0 saturated heterocycles. The minimum atomic E-state index is -0.363. The topological polar surface area (TPSA) is 91.4 Å². The fourth-order valence-corrected chi connectivity index (χ4v) is 3.82. The van der Waals surface area contributed by atoms with E-state index in [1.165, 1.54) is 11.8 Å². The van der Waals surface area contributed by atoms with E-state index in [4.69, 9.17) is 13.9 Å². The number of aromatic nitrogens is 3. The number of nitrogens with zero attached hydrogens (tertiary/aromatic N) is 3. The van der Waals surface area contributed by atoms with Crippen molar-refractivity contribution in [3.8, 4) is 22.9 Å². The number of carbonyl (C=O) groups excluding carboxylic acids is 1. The molecule has 1 aromatic carbocycles. The first-order valence-corrected chi connectivity index (χ1v) is 9.79. The zero-order valence-corrected chi connectivity index (χ0v) is 16.6. The molecule has 146 valence electrons. The van der Waals surface area contributed by atoms with Crippen LogP contribution in [-0.4, -0.2) is 32.7 Å². The summed E-state index contributed by atoms with van der Waals surface area (Å²) in [6.45, 7) is 6.63. The van der Waals surface area contributed by atoms with Crippen molar-refractivity contribution in [2.24, 2.45) is 0 Å². The van der Waals surface area contributed by atoms with Crippen molar-refractivity contribution < 1.29 is 18.7 Å². The second-order valence-corrected chi connectivity index (χ2v) is 7.57. The summed E-state index contributed by atoms with van der Waals surface area (Å²) in [6.07, 6.45) is 1.63. The van der Waals surface area contributed by atoms with Gasteiger partial charge in [0.05, 0.1) is 17.1 Å². The van der Waals surface area contributed by atoms with Crippen molar-refractivity contribution in [3.05, 3.63) is 36.3 Å². The molecule has 1 amide bonds. The number of furan rings is 1. The van der Waals surface area contributed by atoms with Crippen molar-refractivity contribution in [2.45, 2.75) is 37.7 Å². The molecule has 1 aliphatic heterocycles. The Kier molecular flexibility index (Phi) is 4.99. The molecule has 0 fully saturated rings. The van der Waals surface area contributed by atoms with Gasteiger partial charge in [0.2, 0.25) is 12.7 Å². The number of aryl methyl sites for hydroxylation is 1. The summed E-state index contributed by atoms with van der Waals surface area (Å²) >= 11 is 1.36. The SMILES string of the molecule is CCn1c(S[C@@H](C)C(=O)Nc2ccc3c(c2)OCO3)nnc1-c1ccoc1C. The van der Waals surface area contributed by atoms with Gasteiger partial charge in [-0.2, -0.15) is 0 Å². The van der Waals surface area contributed by atoms with Gasteiger partial charge in [0.15, 0.2) is 22.5 Å². The van der Waals surface area contributed by atoms with E-state index in [1.54, 1.807) is 24.5 Å². The molecule has 0 saturated carbocycles. The fraction of sp³-hybridized carbons (Fsp3) is 0.316. The van der Waals surface area contributed by atoms with Crippen LogP contribution in [0.5, 0.6) is 11.5 Å². The van der Waals surface area contributed by atoms with Gasteiger partial charge in [-0.1, -0.05) is 11.8 Å². The van der Waals surface area contributed by atoms with Gasteiger partial charge in [0.25, 0.3) is 0 Å². The van der Waals surface area contributed by atoms with E-state index < -0.39 is 0 Å². The van der Waals surface area contributed by atoms with Crippen molar-refractivity contribution in [1.29, 1.82) is 0 Å². The second-order valence-electron chi connectivity index (χ2n) is 6.26. The summed E-state index contributed by atoms with van der Waals surface area (Å²) in [5, 5.41) is 11.8. The lowest BCUT2D eigenvalue weighted by Gasteiger charge is -2.13. The molecule has 2 aromatic heterocycles. The molecule has 28 heavy (non-hydrogen) atoms. The molecule has 9 heteroatoms. The third-order valence-electron chi connectivity index (χ3n) is 4.42. The Hall–Kier alpha value is -2.94. The smallest absolute Gasteiger partial charge is 0.237 e. The van der Waals surface area contributed by atoms with Gasteiger partial charge >= 0.3 is 0 Å². The van der Waals surface area contributed by atoms with E-state index in [9.17, 15) is 4.79 Å². The molecule has 3 aromatic rings. The van der Waals surface area contributed by atoms with Crippen LogP contribution in [0.4, 0.5) is 5.69 Å². The Morgan fingerprint density at radius 2 is 2.11 bits per heavy atom. The summed E-state index contributed by atoms with van der Waals surface area (Å²) in [7, 11) is 0. The average Bonchev–Trinajstić information content (AvgIpc) is 3.40. The monoisotopic (exact) mass is 400 g/mol. The highest BCUT2D eigenvalue weighted by atomic mass is 32.2. The van der Waals surface area contributed by atoms with Gasteiger partial charge in [0.1, 0.15) is 5.76 Å². The molecule has 1 atom stereocenters. The highest BCUT2D eigenvalue weighted by Gasteiger charge is 2.22. The molecule has 1 aliphatic rings. The number of carbonyl (C=O) groups is 1. The molecule has 0 radical (unpaired) electrons. The van der Waals surface area contributed by atoms with Crippen LogP contribution < -0.4 is 14.8 Å². The van der Waals surface area contributed by atoms with Crippen molar-refractivity contribution >= 4 is 23.4 Å². The maximum absolute atomic E-state index is 12.6. The molecular weight excluding hydrogens is 380 g/mol. The summed E-state index contributed by atoms with van der Waals surface area (Å²) in [5.41, 5.74) is 1.56. The molecule has 1 N–H and O–H groups in total. The van der Waals surface area contributed by atoms with Gasteiger partial charge in [0, 0.05) is 18.3 Å². The van der Waals surface area contributed by atoms with Crippen molar-refractivity contribution in [2.75, 3.05) is 12.1 Å². The molecule has 0 spiro atoms. The predicted molar refractivity (Wildman–Crippen MR) is 105 cm³/mol. The standard InChI is InChI=1S/C19H20N4O4S/c1-4-23-17(14-7-8-25-11(14)2)21-22-19(23)28-12(3)18(24)20-13-5-6-15-16(9-13)27-10-26-15/h5-9,12H,4,10H2,1-3H3,(H,20,24)/t12-/m0/s1. The van der Waals surface area contributed by atoms with Crippen LogP contribution in [0.3, 0.4) is 0 Å². The van der Waals surface area contributed by atoms with E-state index in [2.05, 4.69) is 15.5 Å². The quantitative estimate of drug-likeness (QED) is 0.631. The van der Waals surface area contributed by atoms with E-state index in [-0.39, 0.29) is 18.0 Å². The van der Waals surface area contributed by atoms with E-state index in [0.29, 0.717) is 28.9 Å². The molecule has 0 bridgehead atoms. The number of hydrogen-bond acceptors (Lipinski definition) is 7. The van der Waals surface area contributed by atoms with Gasteiger partial charge < -0.3 is 23.8 Å². The van der Waals surface area contributed by atoms with E-state index >= 15 is 0 Å². The number of rotatable bonds is 6. The molecule has 4 rings (SSSR count). The lowest BCUT2D eigenvalue weighted by Crippen LogP contribution is -2.22. The van der Waals surface area contributed by atoms with Crippen LogP contribution in [0.1, 0.15) is 19.6 Å². The minimum absolute atomic E-state index is 0.129. The molecule has 8 nitrogen and oxygen atoms in total. The number of thioether (sulfide) groups is 1. The summed E-state index contributed by atoms with van der Waals surface area (Å²) in [5.74, 6) is 2.70. The van der Waals surface area contributed by atoms with Crippen LogP contribution in [0.25, 0.3) is 11.4 Å². The Balaban J connectivity index is 1.47. The normalized spacial score (nSPS) is 13.5. The number of amides is 1. The number of benzene rings is 1. The van der Waals surface area contributed by atoms with E-state index in [0.717, 1.165) is 17.1 Å². The first-order chi connectivity index (χ1) is 13.6. The number of anilines is 1. The molecule has 0 aliphatic carbocycles. The van der Waals surface area contributed by atoms with Gasteiger partial charge in [-0.05, 0) is 39.0 Å². The third-order valence-corrected chi connectivity index (χ3v) is 5.50. The van der Waals surface area contributed by atoms with Crippen molar-refractivity contribution in [3.63, 3.8) is 0 Å². The third kappa shape index (κ3) is 3.45. The number of hydrogen-bond donors (Lipinski definition) is 1. The first kappa shape index (κ1) is 18.4. The highest BCUT2D eigenvalue weighted by Crippen LogP contribution is 2.35. The zero-order valence-electron chi connectivity index (χ0n) is 15.8. The van der Waals surface area contributed by atoms with Crippen molar-refractivity contribution in [1.82, 2.24) is 14.8 Å². The van der Waals surface area contributed by atoms with Gasteiger partial charge in [-0.15, -0.1) is 10.2 Å². The molecular formula is C19H20N4O4S. The first-order valence-electron chi connectivity index (χ1n) is 8.91.